The molecule has 1 aromatic heterocycles. The Morgan fingerprint density at radius 2 is 1.71 bits per heavy atom. The van der Waals surface area contributed by atoms with E-state index >= 15 is 0 Å². The predicted molar refractivity (Wildman–Crippen MR) is 102 cm³/mol. The van der Waals surface area contributed by atoms with Gasteiger partial charge in [0.05, 0.1) is 25.4 Å². The maximum absolute atomic E-state index is 12.4. The molecule has 0 unspecified atom stereocenters. The van der Waals surface area contributed by atoms with E-state index in [1.165, 1.54) is 9.87 Å². The number of ether oxygens (including phenoxy) is 1. The molecule has 0 amide bonds. The first kappa shape index (κ1) is 18.5. The van der Waals surface area contributed by atoms with Gasteiger partial charge in [0.15, 0.2) is 0 Å². The van der Waals surface area contributed by atoms with Crippen molar-refractivity contribution in [3.63, 3.8) is 0 Å². The van der Waals surface area contributed by atoms with Gasteiger partial charge in [-0.3, -0.25) is 4.79 Å². The highest BCUT2D eigenvalue weighted by molar-refractivity contribution is 6.88. The topological polar surface area (TPSA) is 44.1 Å². The largest absolute Gasteiger partial charge is 0.487 e. The summed E-state index contributed by atoms with van der Waals surface area (Å²) in [6.45, 7) is 15.1. The normalized spacial score (nSPS) is 12.3. The summed E-state index contributed by atoms with van der Waals surface area (Å²) in [6.07, 6.45) is 1.64. The Labute approximate surface area is 145 Å². The average Bonchev–Trinajstić information content (AvgIpc) is 2.47. The van der Waals surface area contributed by atoms with Crippen molar-refractivity contribution in [2.75, 3.05) is 0 Å². The van der Waals surface area contributed by atoms with Crippen molar-refractivity contribution in [2.45, 2.75) is 59.5 Å². The van der Waals surface area contributed by atoms with E-state index in [2.05, 4.69) is 49.0 Å². The van der Waals surface area contributed by atoms with Crippen LogP contribution in [0.4, 0.5) is 0 Å². The minimum absolute atomic E-state index is 0.103. The van der Waals surface area contributed by atoms with E-state index in [-0.39, 0.29) is 11.1 Å². The highest BCUT2D eigenvalue weighted by atomic mass is 28.3. The lowest BCUT2D eigenvalue weighted by Gasteiger charge is -2.21. The fourth-order valence-electron chi connectivity index (χ4n) is 2.41. The molecule has 24 heavy (non-hydrogen) atoms. The van der Waals surface area contributed by atoms with E-state index in [4.69, 9.17) is 4.74 Å². The van der Waals surface area contributed by atoms with E-state index in [1.54, 1.807) is 13.1 Å². The molecule has 2 rings (SSSR count). The Kier molecular flexibility index (Phi) is 5.04. The summed E-state index contributed by atoms with van der Waals surface area (Å²) >= 11 is 0. The van der Waals surface area contributed by atoms with Crippen LogP contribution in [0, 0.1) is 6.92 Å². The highest BCUT2D eigenvalue weighted by Crippen LogP contribution is 2.17. The van der Waals surface area contributed by atoms with Crippen LogP contribution < -0.4 is 15.5 Å². The lowest BCUT2D eigenvalue weighted by atomic mass is 10.1. The lowest BCUT2D eigenvalue weighted by molar-refractivity contribution is 0.289. The molecule has 0 saturated carbocycles. The van der Waals surface area contributed by atoms with Gasteiger partial charge in [-0.25, -0.2) is 4.68 Å². The van der Waals surface area contributed by atoms with Crippen LogP contribution in [-0.4, -0.2) is 17.9 Å². The third kappa shape index (κ3) is 4.14. The highest BCUT2D eigenvalue weighted by Gasteiger charge is 2.19. The van der Waals surface area contributed by atoms with Gasteiger partial charge < -0.3 is 4.74 Å². The Balaban J connectivity index is 2.16. The van der Waals surface area contributed by atoms with Gasteiger partial charge in [0.2, 0.25) is 0 Å². The summed E-state index contributed by atoms with van der Waals surface area (Å²) in [5.41, 5.74) is 1.25. The molecule has 130 valence electrons. The summed E-state index contributed by atoms with van der Waals surface area (Å²) < 4.78 is 7.33. The van der Waals surface area contributed by atoms with Crippen LogP contribution >= 0.6 is 0 Å². The molecule has 2 aromatic rings. The maximum Gasteiger partial charge on any atom is 0.273 e. The molecule has 0 bridgehead atoms. The molecule has 1 aromatic carbocycles. The Bertz CT molecular complexity index is 766. The van der Waals surface area contributed by atoms with Crippen LogP contribution in [0.5, 0.6) is 5.75 Å². The van der Waals surface area contributed by atoms with E-state index < -0.39 is 8.07 Å². The summed E-state index contributed by atoms with van der Waals surface area (Å²) in [5, 5.41) is 5.68. The summed E-state index contributed by atoms with van der Waals surface area (Å²) in [4.78, 5) is 12.4. The smallest absolute Gasteiger partial charge is 0.273 e. The van der Waals surface area contributed by atoms with Crippen molar-refractivity contribution in [1.29, 1.82) is 0 Å². The molecule has 0 spiro atoms. The van der Waals surface area contributed by atoms with Gasteiger partial charge in [0, 0.05) is 0 Å². The van der Waals surface area contributed by atoms with E-state index in [1.807, 2.05) is 20.8 Å². The predicted octanol–water partition coefficient (Wildman–Crippen LogP) is 3.43. The third-order valence-corrected chi connectivity index (χ3v) is 6.09. The molecule has 0 aliphatic heterocycles. The van der Waals surface area contributed by atoms with Crippen LogP contribution in [0.15, 0.2) is 35.3 Å². The fraction of sp³-hybridized carbons (Fsp3) is 0.474. The molecule has 1 heterocycles. The maximum atomic E-state index is 12.4. The van der Waals surface area contributed by atoms with Crippen molar-refractivity contribution < 1.29 is 4.74 Å². The number of aromatic nitrogens is 2. The quantitative estimate of drug-likeness (QED) is 0.798. The molecule has 0 atom stereocenters. The number of hydrogen-bond acceptors (Lipinski definition) is 3. The number of benzene rings is 1. The number of nitrogens with zero attached hydrogens (tertiary/aromatic N) is 2. The summed E-state index contributed by atoms with van der Waals surface area (Å²) in [5.74, 6) is 0.551. The molecule has 0 aliphatic carbocycles. The third-order valence-electron chi connectivity index (χ3n) is 4.02. The van der Waals surface area contributed by atoms with Crippen LogP contribution in [0.1, 0.15) is 31.9 Å². The van der Waals surface area contributed by atoms with Gasteiger partial charge in [0.1, 0.15) is 12.4 Å². The van der Waals surface area contributed by atoms with E-state index in [0.717, 1.165) is 5.56 Å². The second kappa shape index (κ2) is 6.55. The van der Waals surface area contributed by atoms with Crippen molar-refractivity contribution in [3.05, 3.63) is 51.9 Å². The van der Waals surface area contributed by atoms with E-state index in [9.17, 15) is 4.79 Å². The number of rotatable bonds is 4. The van der Waals surface area contributed by atoms with Crippen LogP contribution in [0.25, 0.3) is 0 Å². The molecule has 0 radical (unpaired) electrons. The van der Waals surface area contributed by atoms with Gasteiger partial charge in [-0.1, -0.05) is 49.1 Å². The van der Waals surface area contributed by atoms with Crippen molar-refractivity contribution in [1.82, 2.24) is 9.78 Å². The molecule has 5 heteroatoms. The zero-order chi connectivity index (χ0) is 18.1. The van der Waals surface area contributed by atoms with E-state index in [0.29, 0.717) is 17.9 Å². The molecular weight excluding hydrogens is 316 g/mol. The Morgan fingerprint density at radius 1 is 1.12 bits per heavy atom. The first-order valence-electron chi connectivity index (χ1n) is 8.32. The fourth-order valence-corrected chi connectivity index (χ4v) is 3.58. The van der Waals surface area contributed by atoms with Crippen molar-refractivity contribution >= 4 is 13.3 Å². The standard InChI is InChI=1S/C19H28N2O2Si/c1-14-17(12-20-21(18(14)22)19(2,3)4)23-13-15-8-10-16(11-9-15)24(5,6)7/h8-12H,13H2,1-7H3. The van der Waals surface area contributed by atoms with Crippen molar-refractivity contribution in [3.8, 4) is 5.75 Å². The first-order chi connectivity index (χ1) is 11.0. The average molecular weight is 345 g/mol. The molecule has 4 nitrogen and oxygen atoms in total. The van der Waals surface area contributed by atoms with Gasteiger partial charge >= 0.3 is 0 Å². The lowest BCUT2D eigenvalue weighted by Crippen LogP contribution is -2.37. The van der Waals surface area contributed by atoms with Crippen molar-refractivity contribution in [2.24, 2.45) is 0 Å². The molecule has 0 aliphatic rings. The first-order valence-corrected chi connectivity index (χ1v) is 11.8. The Morgan fingerprint density at radius 3 is 2.21 bits per heavy atom. The zero-order valence-corrected chi connectivity index (χ0v) is 16.8. The Hall–Kier alpha value is -1.88. The van der Waals surface area contributed by atoms with Gasteiger partial charge in [-0.05, 0) is 33.3 Å². The minimum Gasteiger partial charge on any atom is -0.487 e. The van der Waals surface area contributed by atoms with Crippen LogP contribution in [0.3, 0.4) is 0 Å². The summed E-state index contributed by atoms with van der Waals surface area (Å²) in [6, 6.07) is 8.58. The zero-order valence-electron chi connectivity index (χ0n) is 15.8. The molecule has 0 N–H and O–H groups in total. The van der Waals surface area contributed by atoms with Crippen LogP contribution in [0.2, 0.25) is 19.6 Å². The van der Waals surface area contributed by atoms with Gasteiger partial charge in [-0.2, -0.15) is 5.10 Å². The summed E-state index contributed by atoms with van der Waals surface area (Å²) in [7, 11) is -1.28. The minimum atomic E-state index is -1.28. The number of hydrogen-bond donors (Lipinski definition) is 0. The van der Waals surface area contributed by atoms with Gasteiger partial charge in [-0.15, -0.1) is 0 Å². The second-order valence-electron chi connectivity index (χ2n) is 8.26. The SMILES string of the molecule is Cc1c(OCc2ccc([Si](C)(C)C)cc2)cnn(C(C)(C)C)c1=O. The second-order valence-corrected chi connectivity index (χ2v) is 13.3. The molecule has 0 saturated heterocycles. The monoisotopic (exact) mass is 344 g/mol. The van der Waals surface area contributed by atoms with Gasteiger partial charge in [0.25, 0.3) is 5.56 Å². The molecule has 0 fully saturated rings. The van der Waals surface area contributed by atoms with Crippen LogP contribution in [-0.2, 0) is 12.1 Å². The molecular formula is C19H28N2O2Si.